The fourth-order valence-corrected chi connectivity index (χ4v) is 6.17. The third-order valence-electron chi connectivity index (χ3n) is 4.92. The smallest absolute Gasteiger partial charge is 0.277 e. The highest BCUT2D eigenvalue weighted by atomic mass is 32.2. The van der Waals surface area contributed by atoms with Gasteiger partial charge in [-0.15, -0.1) is 32.9 Å². The van der Waals surface area contributed by atoms with Crippen LogP contribution in [0.2, 0.25) is 0 Å². The molecule has 0 spiro atoms. The van der Waals surface area contributed by atoms with E-state index in [9.17, 15) is 4.79 Å². The number of thiazole rings is 1. The minimum Gasteiger partial charge on any atom is -0.410 e. The van der Waals surface area contributed by atoms with Gasteiger partial charge in [-0.3, -0.25) is 9.20 Å². The van der Waals surface area contributed by atoms with Crippen LogP contribution in [0.1, 0.15) is 35.2 Å². The topological polar surface area (TPSA) is 73.3 Å². The summed E-state index contributed by atoms with van der Waals surface area (Å²) in [6.07, 6.45) is 3.52. The van der Waals surface area contributed by atoms with E-state index in [2.05, 4.69) is 28.2 Å². The average molecular weight is 431 g/mol. The van der Waals surface area contributed by atoms with E-state index in [0.29, 0.717) is 21.8 Å². The van der Waals surface area contributed by atoms with Crippen molar-refractivity contribution in [2.45, 2.75) is 44.1 Å². The molecule has 0 saturated carbocycles. The number of hydrogen-bond donors (Lipinski definition) is 0. The predicted octanol–water partition coefficient (Wildman–Crippen LogP) is 4.59. The molecule has 1 atom stereocenters. The number of nitrogens with zero attached hydrogens (tertiary/aromatic N) is 4. The molecule has 6 nitrogen and oxygen atoms in total. The Labute approximate surface area is 173 Å². The number of hydrogen-bond acceptors (Lipinski definition) is 8. The van der Waals surface area contributed by atoms with Crippen molar-refractivity contribution in [2.75, 3.05) is 0 Å². The zero-order valence-electron chi connectivity index (χ0n) is 15.5. The fourth-order valence-electron chi connectivity index (χ4n) is 3.49. The molecule has 1 aliphatic rings. The lowest BCUT2D eigenvalue weighted by Gasteiger charge is -2.16. The van der Waals surface area contributed by atoms with Crippen LogP contribution in [0.4, 0.5) is 0 Å². The molecule has 144 valence electrons. The Morgan fingerprint density at radius 3 is 3.14 bits per heavy atom. The Morgan fingerprint density at radius 2 is 2.25 bits per heavy atom. The maximum Gasteiger partial charge on any atom is 0.277 e. The van der Waals surface area contributed by atoms with Gasteiger partial charge in [0.25, 0.3) is 16.7 Å². The monoisotopic (exact) mass is 430 g/mol. The molecule has 4 aromatic rings. The van der Waals surface area contributed by atoms with E-state index in [1.54, 1.807) is 21.8 Å². The van der Waals surface area contributed by atoms with Crippen molar-refractivity contribution >= 4 is 39.4 Å². The summed E-state index contributed by atoms with van der Waals surface area (Å²) in [5.41, 5.74) is 3.00. The SMILES string of the molecule is Cc1csc2nc(CSc3nnc(-c4cc5c(s4)CC[C@@H](C)C5)o3)cc(=O)n12. The van der Waals surface area contributed by atoms with E-state index in [1.165, 1.54) is 40.0 Å². The van der Waals surface area contributed by atoms with Gasteiger partial charge in [0.1, 0.15) is 0 Å². The molecule has 0 saturated heterocycles. The molecule has 9 heteroatoms. The van der Waals surface area contributed by atoms with Gasteiger partial charge in [-0.2, -0.15) is 0 Å². The first-order valence-electron chi connectivity index (χ1n) is 9.12. The molecule has 0 bridgehead atoms. The third kappa shape index (κ3) is 3.31. The normalized spacial score (nSPS) is 16.6. The quantitative estimate of drug-likeness (QED) is 0.441. The minimum absolute atomic E-state index is 0.0519. The molecular weight excluding hydrogens is 412 g/mol. The van der Waals surface area contributed by atoms with Crippen molar-refractivity contribution in [3.8, 4) is 10.8 Å². The first kappa shape index (κ1) is 18.1. The molecule has 1 aliphatic carbocycles. The van der Waals surface area contributed by atoms with Gasteiger partial charge < -0.3 is 4.42 Å². The molecule has 5 rings (SSSR count). The summed E-state index contributed by atoms with van der Waals surface area (Å²) in [5.74, 6) is 1.83. The fraction of sp³-hybridized carbons (Fsp3) is 0.368. The Hall–Kier alpha value is -1.97. The Balaban J connectivity index is 1.33. The van der Waals surface area contributed by atoms with Crippen molar-refractivity contribution in [2.24, 2.45) is 5.92 Å². The van der Waals surface area contributed by atoms with Crippen LogP contribution < -0.4 is 5.56 Å². The second-order valence-electron chi connectivity index (χ2n) is 7.15. The van der Waals surface area contributed by atoms with Gasteiger partial charge in [0.05, 0.1) is 10.6 Å². The molecule has 28 heavy (non-hydrogen) atoms. The summed E-state index contributed by atoms with van der Waals surface area (Å²) in [5, 5.41) is 10.8. The third-order valence-corrected chi connectivity index (χ3v) is 7.94. The van der Waals surface area contributed by atoms with Crippen LogP contribution in [-0.2, 0) is 18.6 Å². The van der Waals surface area contributed by atoms with Crippen molar-refractivity contribution < 1.29 is 4.42 Å². The molecule has 0 fully saturated rings. The van der Waals surface area contributed by atoms with E-state index < -0.39 is 0 Å². The van der Waals surface area contributed by atoms with E-state index in [0.717, 1.165) is 35.0 Å². The minimum atomic E-state index is -0.0519. The second-order valence-corrected chi connectivity index (χ2v) is 10.0. The van der Waals surface area contributed by atoms with E-state index in [1.807, 2.05) is 12.3 Å². The van der Waals surface area contributed by atoms with E-state index in [-0.39, 0.29) is 5.56 Å². The molecule has 0 N–H and O–H groups in total. The highest BCUT2D eigenvalue weighted by Crippen LogP contribution is 2.37. The number of fused-ring (bicyclic) bond motifs is 2. The van der Waals surface area contributed by atoms with E-state index in [4.69, 9.17) is 4.42 Å². The number of aromatic nitrogens is 4. The van der Waals surface area contributed by atoms with Gasteiger partial charge in [0.2, 0.25) is 0 Å². The first-order chi connectivity index (χ1) is 13.6. The lowest BCUT2D eigenvalue weighted by Crippen LogP contribution is -2.14. The number of rotatable bonds is 4. The average Bonchev–Trinajstić information content (AvgIpc) is 3.38. The summed E-state index contributed by atoms with van der Waals surface area (Å²) >= 11 is 4.64. The van der Waals surface area contributed by atoms with E-state index >= 15 is 0 Å². The van der Waals surface area contributed by atoms with Crippen molar-refractivity contribution in [3.63, 3.8) is 0 Å². The number of aryl methyl sites for hydroxylation is 2. The largest absolute Gasteiger partial charge is 0.410 e. The molecule has 4 aromatic heterocycles. The second kappa shape index (κ2) is 7.13. The predicted molar refractivity (Wildman–Crippen MR) is 112 cm³/mol. The van der Waals surface area contributed by atoms with Crippen LogP contribution in [0.15, 0.2) is 31.9 Å². The lowest BCUT2D eigenvalue weighted by molar-refractivity contribution is 0.466. The molecule has 0 aliphatic heterocycles. The van der Waals surface area contributed by atoms with Crippen LogP contribution in [0.5, 0.6) is 0 Å². The van der Waals surface area contributed by atoms with Gasteiger partial charge in [0, 0.05) is 27.8 Å². The van der Waals surface area contributed by atoms with Gasteiger partial charge in [-0.1, -0.05) is 18.7 Å². The van der Waals surface area contributed by atoms with Crippen LogP contribution in [0, 0.1) is 12.8 Å². The van der Waals surface area contributed by atoms with Gasteiger partial charge >= 0.3 is 0 Å². The Kier molecular flexibility index (Phi) is 4.60. The van der Waals surface area contributed by atoms with Gasteiger partial charge in [-0.25, -0.2) is 4.98 Å². The Bertz CT molecular complexity index is 1220. The van der Waals surface area contributed by atoms with Crippen molar-refractivity contribution in [1.82, 2.24) is 19.6 Å². The van der Waals surface area contributed by atoms with Crippen molar-refractivity contribution in [3.05, 3.63) is 49.7 Å². The summed E-state index contributed by atoms with van der Waals surface area (Å²) in [4.78, 5) is 20.0. The van der Waals surface area contributed by atoms with Crippen LogP contribution in [-0.4, -0.2) is 19.6 Å². The maximum absolute atomic E-state index is 12.3. The Morgan fingerprint density at radius 1 is 1.36 bits per heavy atom. The molecular formula is C19H18N4O2S3. The molecule has 0 amide bonds. The van der Waals surface area contributed by atoms with Crippen LogP contribution >= 0.6 is 34.4 Å². The zero-order valence-corrected chi connectivity index (χ0v) is 17.9. The first-order valence-corrected chi connectivity index (χ1v) is 11.8. The summed E-state index contributed by atoms with van der Waals surface area (Å²) < 4.78 is 7.49. The van der Waals surface area contributed by atoms with Gasteiger partial charge in [-0.05, 0) is 43.7 Å². The number of thiophene rings is 1. The maximum atomic E-state index is 12.3. The van der Waals surface area contributed by atoms with Crippen molar-refractivity contribution in [1.29, 1.82) is 0 Å². The van der Waals surface area contributed by atoms with Gasteiger partial charge in [0.15, 0.2) is 4.96 Å². The standard InChI is InChI=1S/C19H18N4O2S3/c1-10-3-4-14-12(5-10)6-15(28-14)17-21-22-19(25-17)27-9-13-7-16(24)23-11(2)8-26-18(23)20-13/h6-8,10H,3-5,9H2,1-2H3/t10-/m1/s1. The molecule has 4 heterocycles. The molecule has 0 aromatic carbocycles. The summed E-state index contributed by atoms with van der Waals surface area (Å²) in [7, 11) is 0. The highest BCUT2D eigenvalue weighted by molar-refractivity contribution is 7.98. The van der Waals surface area contributed by atoms with Crippen LogP contribution in [0.25, 0.3) is 15.7 Å². The summed E-state index contributed by atoms with van der Waals surface area (Å²) in [6, 6.07) is 3.78. The zero-order chi connectivity index (χ0) is 19.3. The molecule has 0 unspecified atom stereocenters. The lowest BCUT2D eigenvalue weighted by atomic mass is 9.90. The van der Waals surface area contributed by atoms with Crippen LogP contribution in [0.3, 0.4) is 0 Å². The molecule has 0 radical (unpaired) electrons. The summed E-state index contributed by atoms with van der Waals surface area (Å²) in [6.45, 7) is 4.21. The highest BCUT2D eigenvalue weighted by Gasteiger charge is 2.21. The number of thioether (sulfide) groups is 1.